The number of aromatic nitrogens is 1. The number of hydrogen-bond donors (Lipinski definition) is 1. The topological polar surface area (TPSA) is 48.1 Å². The van der Waals surface area contributed by atoms with Gasteiger partial charge in [-0.3, -0.25) is 0 Å². The van der Waals surface area contributed by atoms with Crippen molar-refractivity contribution in [1.82, 2.24) is 4.98 Å². The third-order valence-corrected chi connectivity index (χ3v) is 2.33. The number of anilines is 1. The molecule has 1 heterocycles. The van der Waals surface area contributed by atoms with Crippen molar-refractivity contribution in [3.8, 4) is 11.6 Å². The van der Waals surface area contributed by atoms with Gasteiger partial charge in [-0.25, -0.2) is 4.98 Å². The van der Waals surface area contributed by atoms with Gasteiger partial charge < -0.3 is 10.5 Å². The second-order valence-electron chi connectivity index (χ2n) is 3.74. The van der Waals surface area contributed by atoms with Crippen LogP contribution in [0.15, 0.2) is 36.4 Å². The molecule has 0 spiro atoms. The molecule has 2 N–H and O–H groups in total. The maximum atomic E-state index is 5.74. The summed E-state index contributed by atoms with van der Waals surface area (Å²) < 4.78 is 5.63. The van der Waals surface area contributed by atoms with Crippen LogP contribution < -0.4 is 10.5 Å². The van der Waals surface area contributed by atoms with Crippen LogP contribution in [0.3, 0.4) is 0 Å². The number of rotatable bonds is 2. The van der Waals surface area contributed by atoms with Crippen molar-refractivity contribution in [2.75, 3.05) is 5.73 Å². The SMILES string of the molecule is Cc1cccc(Oc2ccc(N)c(C)c2)n1. The number of nitrogens with zero attached hydrogens (tertiary/aromatic N) is 1. The van der Waals surface area contributed by atoms with Gasteiger partial charge in [0.15, 0.2) is 0 Å². The third kappa shape index (κ3) is 2.31. The van der Waals surface area contributed by atoms with Gasteiger partial charge in [-0.2, -0.15) is 0 Å². The van der Waals surface area contributed by atoms with E-state index >= 15 is 0 Å². The molecule has 0 amide bonds. The van der Waals surface area contributed by atoms with Crippen LogP contribution in [-0.4, -0.2) is 4.98 Å². The van der Waals surface area contributed by atoms with Crippen molar-refractivity contribution in [3.05, 3.63) is 47.7 Å². The van der Waals surface area contributed by atoms with E-state index in [2.05, 4.69) is 4.98 Å². The molecular formula is C13H14N2O. The molecule has 3 heteroatoms. The standard InChI is InChI=1S/C13H14N2O/c1-9-8-11(6-7-12(9)14)16-13-5-3-4-10(2)15-13/h3-8H,14H2,1-2H3. The largest absolute Gasteiger partial charge is 0.439 e. The zero-order valence-electron chi connectivity index (χ0n) is 9.40. The van der Waals surface area contributed by atoms with E-state index in [1.807, 2.05) is 50.2 Å². The molecule has 0 aliphatic rings. The second-order valence-corrected chi connectivity index (χ2v) is 3.74. The first-order valence-electron chi connectivity index (χ1n) is 5.13. The molecule has 2 rings (SSSR count). The molecular weight excluding hydrogens is 200 g/mol. The van der Waals surface area contributed by atoms with Crippen LogP contribution in [0.25, 0.3) is 0 Å². The first kappa shape index (κ1) is 10.5. The molecule has 1 aromatic heterocycles. The Balaban J connectivity index is 2.24. The van der Waals surface area contributed by atoms with E-state index in [-0.39, 0.29) is 0 Å². The molecule has 0 atom stereocenters. The molecule has 0 bridgehead atoms. The zero-order chi connectivity index (χ0) is 11.5. The lowest BCUT2D eigenvalue weighted by Gasteiger charge is -2.07. The van der Waals surface area contributed by atoms with Crippen molar-refractivity contribution in [3.63, 3.8) is 0 Å². The Morgan fingerprint density at radius 2 is 1.94 bits per heavy atom. The fraction of sp³-hybridized carbons (Fsp3) is 0.154. The van der Waals surface area contributed by atoms with E-state index in [0.717, 1.165) is 22.7 Å². The Morgan fingerprint density at radius 3 is 2.62 bits per heavy atom. The van der Waals surface area contributed by atoms with Crippen molar-refractivity contribution in [1.29, 1.82) is 0 Å². The van der Waals surface area contributed by atoms with E-state index in [0.29, 0.717) is 5.88 Å². The summed E-state index contributed by atoms with van der Waals surface area (Å²) in [6, 6.07) is 11.3. The molecule has 0 saturated heterocycles. The third-order valence-electron chi connectivity index (χ3n) is 2.33. The molecule has 2 aromatic rings. The predicted octanol–water partition coefficient (Wildman–Crippen LogP) is 3.07. The molecule has 82 valence electrons. The van der Waals surface area contributed by atoms with E-state index in [1.165, 1.54) is 0 Å². The molecule has 3 nitrogen and oxygen atoms in total. The van der Waals surface area contributed by atoms with E-state index in [4.69, 9.17) is 10.5 Å². The summed E-state index contributed by atoms with van der Waals surface area (Å²) in [4.78, 5) is 4.27. The molecule has 0 saturated carbocycles. The van der Waals surface area contributed by atoms with Crippen LogP contribution in [-0.2, 0) is 0 Å². The van der Waals surface area contributed by atoms with Gasteiger partial charge in [-0.05, 0) is 43.7 Å². The number of benzene rings is 1. The van der Waals surface area contributed by atoms with Gasteiger partial charge >= 0.3 is 0 Å². The molecule has 0 aliphatic heterocycles. The van der Waals surface area contributed by atoms with Crippen LogP contribution in [0.1, 0.15) is 11.3 Å². The molecule has 0 unspecified atom stereocenters. The Morgan fingerprint density at radius 1 is 1.12 bits per heavy atom. The normalized spacial score (nSPS) is 10.1. The summed E-state index contributed by atoms with van der Waals surface area (Å²) in [5.41, 5.74) is 8.44. The number of aryl methyl sites for hydroxylation is 2. The first-order valence-corrected chi connectivity index (χ1v) is 5.13. The van der Waals surface area contributed by atoms with Crippen LogP contribution in [0.5, 0.6) is 11.6 Å². The fourth-order valence-corrected chi connectivity index (χ4v) is 1.41. The van der Waals surface area contributed by atoms with Gasteiger partial charge in [0, 0.05) is 17.4 Å². The quantitative estimate of drug-likeness (QED) is 0.781. The van der Waals surface area contributed by atoms with Gasteiger partial charge in [-0.1, -0.05) is 6.07 Å². The predicted molar refractivity (Wildman–Crippen MR) is 64.6 cm³/mol. The van der Waals surface area contributed by atoms with Crippen molar-refractivity contribution in [2.24, 2.45) is 0 Å². The minimum atomic E-state index is 0.601. The average Bonchev–Trinajstić information content (AvgIpc) is 2.24. The summed E-state index contributed by atoms with van der Waals surface area (Å²) >= 11 is 0. The minimum absolute atomic E-state index is 0.601. The van der Waals surface area contributed by atoms with Gasteiger partial charge in [0.25, 0.3) is 0 Å². The maximum absolute atomic E-state index is 5.74. The molecule has 0 aliphatic carbocycles. The molecule has 0 fully saturated rings. The van der Waals surface area contributed by atoms with Crippen LogP contribution in [0.2, 0.25) is 0 Å². The van der Waals surface area contributed by atoms with E-state index in [9.17, 15) is 0 Å². The summed E-state index contributed by atoms with van der Waals surface area (Å²) in [6.07, 6.45) is 0. The molecule has 0 radical (unpaired) electrons. The monoisotopic (exact) mass is 214 g/mol. The number of hydrogen-bond acceptors (Lipinski definition) is 3. The highest BCUT2D eigenvalue weighted by Crippen LogP contribution is 2.23. The highest BCUT2D eigenvalue weighted by Gasteiger charge is 2.00. The lowest BCUT2D eigenvalue weighted by Crippen LogP contribution is -1.92. The summed E-state index contributed by atoms with van der Waals surface area (Å²) in [5, 5.41) is 0. The Kier molecular flexibility index (Phi) is 2.77. The van der Waals surface area contributed by atoms with Gasteiger partial charge in [0.05, 0.1) is 0 Å². The highest BCUT2D eigenvalue weighted by molar-refractivity contribution is 5.50. The van der Waals surface area contributed by atoms with Crippen molar-refractivity contribution < 1.29 is 4.74 Å². The number of nitrogens with two attached hydrogens (primary N) is 1. The summed E-state index contributed by atoms with van der Waals surface area (Å²) in [5.74, 6) is 1.36. The Hall–Kier alpha value is -2.03. The maximum Gasteiger partial charge on any atom is 0.219 e. The van der Waals surface area contributed by atoms with Gasteiger partial charge in [-0.15, -0.1) is 0 Å². The summed E-state index contributed by atoms with van der Waals surface area (Å²) in [6.45, 7) is 3.88. The number of nitrogen functional groups attached to an aromatic ring is 1. The van der Waals surface area contributed by atoms with Gasteiger partial charge in [0.1, 0.15) is 5.75 Å². The average molecular weight is 214 g/mol. The Bertz CT molecular complexity index is 509. The second kappa shape index (κ2) is 4.23. The number of ether oxygens (including phenoxy) is 1. The smallest absolute Gasteiger partial charge is 0.219 e. The number of pyridine rings is 1. The fourth-order valence-electron chi connectivity index (χ4n) is 1.41. The van der Waals surface area contributed by atoms with E-state index in [1.54, 1.807) is 0 Å². The first-order chi connectivity index (χ1) is 7.65. The minimum Gasteiger partial charge on any atom is -0.439 e. The zero-order valence-corrected chi connectivity index (χ0v) is 9.40. The highest BCUT2D eigenvalue weighted by atomic mass is 16.5. The van der Waals surface area contributed by atoms with Crippen LogP contribution in [0.4, 0.5) is 5.69 Å². The van der Waals surface area contributed by atoms with Gasteiger partial charge in [0.2, 0.25) is 5.88 Å². The van der Waals surface area contributed by atoms with Crippen LogP contribution in [0, 0.1) is 13.8 Å². The lowest BCUT2D eigenvalue weighted by molar-refractivity contribution is 0.461. The Labute approximate surface area is 94.9 Å². The van der Waals surface area contributed by atoms with Crippen molar-refractivity contribution >= 4 is 5.69 Å². The summed E-state index contributed by atoms with van der Waals surface area (Å²) in [7, 11) is 0. The molecule has 1 aromatic carbocycles. The van der Waals surface area contributed by atoms with Crippen LogP contribution >= 0.6 is 0 Å². The molecule has 16 heavy (non-hydrogen) atoms. The lowest BCUT2D eigenvalue weighted by atomic mass is 10.2. The van der Waals surface area contributed by atoms with Crippen molar-refractivity contribution in [2.45, 2.75) is 13.8 Å². The van der Waals surface area contributed by atoms with E-state index < -0.39 is 0 Å².